The summed E-state index contributed by atoms with van der Waals surface area (Å²) in [5.74, 6) is -0.0487. The number of benzene rings is 1. The predicted octanol–water partition coefficient (Wildman–Crippen LogP) is 1.39. The first-order chi connectivity index (χ1) is 6.68. The van der Waals surface area contributed by atoms with Crippen molar-refractivity contribution in [2.45, 2.75) is 13.0 Å². The zero-order chi connectivity index (χ0) is 10.1. The Balaban J connectivity index is 2.24. The van der Waals surface area contributed by atoms with Gasteiger partial charge in [0.25, 0.3) is 0 Å². The molecule has 1 unspecified atom stereocenters. The summed E-state index contributed by atoms with van der Waals surface area (Å²) in [5.41, 5.74) is 1.67. The van der Waals surface area contributed by atoms with Gasteiger partial charge in [0.15, 0.2) is 0 Å². The zero-order valence-corrected chi connectivity index (χ0v) is 8.13. The van der Waals surface area contributed by atoms with Crippen LogP contribution in [0.3, 0.4) is 0 Å². The molecule has 2 N–H and O–H groups in total. The maximum absolute atomic E-state index is 13.0. The highest BCUT2D eigenvalue weighted by molar-refractivity contribution is 5.29. The van der Waals surface area contributed by atoms with Crippen molar-refractivity contribution in [1.82, 2.24) is 5.32 Å². The van der Waals surface area contributed by atoms with Gasteiger partial charge < -0.3 is 10.4 Å². The molecule has 1 aliphatic rings. The van der Waals surface area contributed by atoms with E-state index in [2.05, 4.69) is 5.32 Å². The van der Waals surface area contributed by atoms with Gasteiger partial charge in [-0.2, -0.15) is 0 Å². The van der Waals surface area contributed by atoms with Crippen molar-refractivity contribution in [2.75, 3.05) is 13.1 Å². The number of hydrogen-bond acceptors (Lipinski definition) is 2. The molecule has 0 amide bonds. The van der Waals surface area contributed by atoms with Crippen LogP contribution in [0.5, 0.6) is 0 Å². The average Bonchev–Trinajstić information content (AvgIpc) is 2.06. The third-order valence-electron chi connectivity index (χ3n) is 2.82. The van der Waals surface area contributed by atoms with Gasteiger partial charge in [0, 0.05) is 19.0 Å². The molecule has 0 saturated carbocycles. The van der Waals surface area contributed by atoms with Gasteiger partial charge in [0.1, 0.15) is 5.82 Å². The molecule has 2 rings (SSSR count). The fourth-order valence-electron chi connectivity index (χ4n) is 1.72. The molecule has 1 aromatic rings. The van der Waals surface area contributed by atoms with Crippen LogP contribution < -0.4 is 5.32 Å². The van der Waals surface area contributed by atoms with Crippen LogP contribution in [-0.2, 0) is 0 Å². The molecule has 76 valence electrons. The number of aryl methyl sites for hydroxylation is 1. The summed E-state index contributed by atoms with van der Waals surface area (Å²) in [5, 5.41) is 13.0. The second kappa shape index (κ2) is 3.67. The second-order valence-electron chi connectivity index (χ2n) is 3.86. The fourth-order valence-corrected chi connectivity index (χ4v) is 1.72. The maximum atomic E-state index is 13.0. The lowest BCUT2D eigenvalue weighted by Gasteiger charge is -2.32. The van der Waals surface area contributed by atoms with Crippen molar-refractivity contribution >= 4 is 0 Å². The van der Waals surface area contributed by atoms with E-state index >= 15 is 0 Å². The van der Waals surface area contributed by atoms with E-state index in [0.29, 0.717) is 0 Å². The lowest BCUT2D eigenvalue weighted by atomic mass is 9.89. The van der Waals surface area contributed by atoms with E-state index in [4.69, 9.17) is 0 Å². The highest BCUT2D eigenvalue weighted by atomic mass is 19.1. The number of hydrogen-bond donors (Lipinski definition) is 2. The minimum absolute atomic E-state index is 0.232. The Morgan fingerprint density at radius 3 is 2.79 bits per heavy atom. The molecular formula is C11H14FNO. The molecular weight excluding hydrogens is 181 g/mol. The Morgan fingerprint density at radius 2 is 2.21 bits per heavy atom. The van der Waals surface area contributed by atoms with Crippen molar-refractivity contribution in [3.05, 3.63) is 35.1 Å². The van der Waals surface area contributed by atoms with Gasteiger partial charge in [-0.3, -0.25) is 0 Å². The van der Waals surface area contributed by atoms with Gasteiger partial charge in [-0.05, 0) is 30.2 Å². The lowest BCUT2D eigenvalue weighted by Crippen LogP contribution is -2.45. The van der Waals surface area contributed by atoms with Gasteiger partial charge >= 0.3 is 0 Å². The maximum Gasteiger partial charge on any atom is 0.123 e. The number of halogens is 1. The Morgan fingerprint density at radius 1 is 1.50 bits per heavy atom. The van der Waals surface area contributed by atoms with Crippen molar-refractivity contribution in [1.29, 1.82) is 0 Å². The SMILES string of the molecule is Cc1ccc(F)cc1C(O)C1CNC1. The van der Waals surface area contributed by atoms with Gasteiger partial charge in [0.05, 0.1) is 6.10 Å². The first-order valence-electron chi connectivity index (χ1n) is 4.83. The van der Waals surface area contributed by atoms with Crippen molar-refractivity contribution in [3.8, 4) is 0 Å². The van der Waals surface area contributed by atoms with Crippen molar-refractivity contribution in [3.63, 3.8) is 0 Å². The summed E-state index contributed by atoms with van der Waals surface area (Å²) < 4.78 is 13.0. The highest BCUT2D eigenvalue weighted by Crippen LogP contribution is 2.27. The highest BCUT2D eigenvalue weighted by Gasteiger charge is 2.27. The third-order valence-corrected chi connectivity index (χ3v) is 2.82. The van der Waals surface area contributed by atoms with Gasteiger partial charge in [0.2, 0.25) is 0 Å². The summed E-state index contributed by atoms with van der Waals surface area (Å²) >= 11 is 0. The van der Waals surface area contributed by atoms with Crippen LogP contribution in [0.15, 0.2) is 18.2 Å². The molecule has 1 aromatic carbocycles. The van der Waals surface area contributed by atoms with Gasteiger partial charge in [-0.25, -0.2) is 4.39 Å². The van der Waals surface area contributed by atoms with Crippen LogP contribution in [0, 0.1) is 18.7 Å². The zero-order valence-electron chi connectivity index (χ0n) is 8.13. The summed E-state index contributed by atoms with van der Waals surface area (Å²) in [6, 6.07) is 4.56. The average molecular weight is 195 g/mol. The van der Waals surface area contributed by atoms with Crippen LogP contribution in [-0.4, -0.2) is 18.2 Å². The topological polar surface area (TPSA) is 32.3 Å². The van der Waals surface area contributed by atoms with E-state index in [1.165, 1.54) is 12.1 Å². The van der Waals surface area contributed by atoms with E-state index < -0.39 is 6.10 Å². The lowest BCUT2D eigenvalue weighted by molar-refractivity contribution is 0.0759. The molecule has 3 heteroatoms. The van der Waals surface area contributed by atoms with Crippen LogP contribution in [0.25, 0.3) is 0 Å². The quantitative estimate of drug-likeness (QED) is 0.747. The summed E-state index contributed by atoms with van der Waals surface area (Å²) in [7, 11) is 0. The second-order valence-corrected chi connectivity index (χ2v) is 3.86. The molecule has 0 radical (unpaired) electrons. The number of aliphatic hydroxyl groups excluding tert-OH is 1. The predicted molar refractivity (Wildman–Crippen MR) is 52.5 cm³/mol. The minimum atomic E-state index is -0.535. The fraction of sp³-hybridized carbons (Fsp3) is 0.455. The van der Waals surface area contributed by atoms with Crippen LogP contribution in [0.2, 0.25) is 0 Å². The van der Waals surface area contributed by atoms with Crippen LogP contribution in [0.4, 0.5) is 4.39 Å². The van der Waals surface area contributed by atoms with E-state index in [1.807, 2.05) is 6.92 Å². The molecule has 14 heavy (non-hydrogen) atoms. The normalized spacial score (nSPS) is 19.1. The van der Waals surface area contributed by atoms with E-state index in [-0.39, 0.29) is 11.7 Å². The molecule has 1 saturated heterocycles. The summed E-state index contributed by atoms with van der Waals surface area (Å²) in [4.78, 5) is 0. The summed E-state index contributed by atoms with van der Waals surface area (Å²) in [6.45, 7) is 3.53. The minimum Gasteiger partial charge on any atom is -0.388 e. The molecule has 1 atom stereocenters. The Labute approximate surface area is 82.8 Å². The first-order valence-corrected chi connectivity index (χ1v) is 4.83. The Hall–Kier alpha value is -0.930. The summed E-state index contributed by atoms with van der Waals surface area (Å²) in [6.07, 6.45) is -0.535. The largest absolute Gasteiger partial charge is 0.388 e. The van der Waals surface area contributed by atoms with Gasteiger partial charge in [-0.1, -0.05) is 6.07 Å². The molecule has 1 aliphatic heterocycles. The van der Waals surface area contributed by atoms with Crippen molar-refractivity contribution in [2.24, 2.45) is 5.92 Å². The molecule has 0 spiro atoms. The van der Waals surface area contributed by atoms with Crippen LogP contribution >= 0.6 is 0 Å². The molecule has 1 fully saturated rings. The molecule has 2 nitrogen and oxygen atoms in total. The monoisotopic (exact) mass is 195 g/mol. The van der Waals surface area contributed by atoms with Gasteiger partial charge in [-0.15, -0.1) is 0 Å². The first kappa shape index (κ1) is 9.62. The Kier molecular flexibility index (Phi) is 2.52. The van der Waals surface area contributed by atoms with E-state index in [1.54, 1.807) is 6.07 Å². The number of rotatable bonds is 2. The standard InChI is InChI=1S/C11H14FNO/c1-7-2-3-9(12)4-10(7)11(14)8-5-13-6-8/h2-4,8,11,13-14H,5-6H2,1H3. The Bertz CT molecular complexity index is 336. The molecule has 0 aromatic heterocycles. The number of aliphatic hydroxyl groups is 1. The van der Waals surface area contributed by atoms with Crippen LogP contribution in [0.1, 0.15) is 17.2 Å². The molecule has 0 aliphatic carbocycles. The van der Waals surface area contributed by atoms with Crippen molar-refractivity contribution < 1.29 is 9.50 Å². The smallest absolute Gasteiger partial charge is 0.123 e. The van der Waals surface area contributed by atoms with E-state index in [9.17, 15) is 9.50 Å². The van der Waals surface area contributed by atoms with E-state index in [0.717, 1.165) is 24.2 Å². The number of nitrogens with one attached hydrogen (secondary N) is 1. The molecule has 0 bridgehead atoms. The molecule has 1 heterocycles. The third kappa shape index (κ3) is 1.65.